The third kappa shape index (κ3) is 3.83. The van der Waals surface area contributed by atoms with Crippen LogP contribution < -0.4 is 10.6 Å². The second-order valence-corrected chi connectivity index (χ2v) is 3.99. The van der Waals surface area contributed by atoms with Crippen LogP contribution in [0.3, 0.4) is 0 Å². The highest BCUT2D eigenvalue weighted by Gasteiger charge is 2.07. The summed E-state index contributed by atoms with van der Waals surface area (Å²) in [6, 6.07) is 8.34. The van der Waals surface area contributed by atoms with Crippen molar-refractivity contribution in [1.82, 2.24) is 0 Å². The zero-order valence-corrected chi connectivity index (χ0v) is 10.0. The SMILES string of the molecule is Cc1ccccc1N(CCCN)CCCO. The normalized spacial score (nSPS) is 10.4. The van der Waals surface area contributed by atoms with Crippen molar-refractivity contribution in [2.45, 2.75) is 19.8 Å². The summed E-state index contributed by atoms with van der Waals surface area (Å²) in [5.41, 5.74) is 8.08. The van der Waals surface area contributed by atoms with Gasteiger partial charge in [0.15, 0.2) is 0 Å². The molecule has 0 aliphatic heterocycles. The Morgan fingerprint density at radius 3 is 2.50 bits per heavy atom. The van der Waals surface area contributed by atoms with E-state index in [2.05, 4.69) is 30.0 Å². The van der Waals surface area contributed by atoms with Gasteiger partial charge in [-0.25, -0.2) is 0 Å². The quantitative estimate of drug-likeness (QED) is 0.735. The predicted molar refractivity (Wildman–Crippen MR) is 68.8 cm³/mol. The van der Waals surface area contributed by atoms with E-state index >= 15 is 0 Å². The Labute approximate surface area is 97.9 Å². The van der Waals surface area contributed by atoms with E-state index in [-0.39, 0.29) is 6.61 Å². The van der Waals surface area contributed by atoms with Crippen molar-refractivity contribution in [2.75, 3.05) is 31.1 Å². The lowest BCUT2D eigenvalue weighted by atomic mass is 10.1. The Morgan fingerprint density at radius 2 is 1.88 bits per heavy atom. The molecule has 0 bridgehead atoms. The minimum absolute atomic E-state index is 0.241. The molecule has 16 heavy (non-hydrogen) atoms. The Balaban J connectivity index is 2.70. The van der Waals surface area contributed by atoms with Crippen molar-refractivity contribution < 1.29 is 5.11 Å². The van der Waals surface area contributed by atoms with Gasteiger partial charge in [-0.05, 0) is 37.9 Å². The van der Waals surface area contributed by atoms with Gasteiger partial charge in [-0.2, -0.15) is 0 Å². The summed E-state index contributed by atoms with van der Waals surface area (Å²) < 4.78 is 0. The number of aryl methyl sites for hydroxylation is 1. The molecule has 0 spiro atoms. The van der Waals surface area contributed by atoms with Crippen molar-refractivity contribution >= 4 is 5.69 Å². The third-order valence-electron chi connectivity index (χ3n) is 2.67. The molecular weight excluding hydrogens is 200 g/mol. The molecule has 1 rings (SSSR count). The molecule has 0 saturated heterocycles. The molecule has 3 N–H and O–H groups in total. The first kappa shape index (κ1) is 13.0. The summed E-state index contributed by atoms with van der Waals surface area (Å²) in [4.78, 5) is 2.30. The molecule has 1 aromatic carbocycles. The van der Waals surface area contributed by atoms with Gasteiger partial charge in [-0.15, -0.1) is 0 Å². The number of rotatable bonds is 7. The topological polar surface area (TPSA) is 49.5 Å². The molecule has 0 aliphatic carbocycles. The van der Waals surface area contributed by atoms with Crippen LogP contribution in [0.5, 0.6) is 0 Å². The number of nitrogens with zero attached hydrogens (tertiary/aromatic N) is 1. The monoisotopic (exact) mass is 222 g/mol. The van der Waals surface area contributed by atoms with E-state index in [1.807, 2.05) is 6.07 Å². The van der Waals surface area contributed by atoms with Crippen LogP contribution in [0, 0.1) is 6.92 Å². The van der Waals surface area contributed by atoms with Crippen LogP contribution in [0.15, 0.2) is 24.3 Å². The van der Waals surface area contributed by atoms with Gasteiger partial charge in [-0.3, -0.25) is 0 Å². The number of benzene rings is 1. The number of para-hydroxylation sites is 1. The van der Waals surface area contributed by atoms with Gasteiger partial charge >= 0.3 is 0 Å². The average molecular weight is 222 g/mol. The summed E-state index contributed by atoms with van der Waals surface area (Å²) in [7, 11) is 0. The molecule has 0 heterocycles. The van der Waals surface area contributed by atoms with Gasteiger partial charge in [0.1, 0.15) is 0 Å². The van der Waals surface area contributed by atoms with Crippen LogP contribution in [0.4, 0.5) is 5.69 Å². The Morgan fingerprint density at radius 1 is 1.19 bits per heavy atom. The summed E-state index contributed by atoms with van der Waals surface area (Å²) in [6.45, 7) is 4.92. The van der Waals surface area contributed by atoms with Gasteiger partial charge in [0, 0.05) is 25.4 Å². The standard InChI is InChI=1S/C13H22N2O/c1-12-6-2-3-7-13(12)15(9-4-8-14)10-5-11-16/h2-3,6-7,16H,4-5,8-11,14H2,1H3. The van der Waals surface area contributed by atoms with Crippen molar-refractivity contribution in [3.05, 3.63) is 29.8 Å². The largest absolute Gasteiger partial charge is 0.396 e. The molecule has 90 valence electrons. The number of nitrogens with two attached hydrogens (primary N) is 1. The maximum atomic E-state index is 8.91. The minimum atomic E-state index is 0.241. The van der Waals surface area contributed by atoms with E-state index in [9.17, 15) is 0 Å². The zero-order chi connectivity index (χ0) is 11.8. The Kier molecular flexibility index (Phi) is 5.90. The lowest BCUT2D eigenvalue weighted by Gasteiger charge is -2.26. The fraction of sp³-hybridized carbons (Fsp3) is 0.538. The van der Waals surface area contributed by atoms with E-state index < -0.39 is 0 Å². The number of hydrogen-bond acceptors (Lipinski definition) is 3. The van der Waals surface area contributed by atoms with Crippen LogP contribution in [0.2, 0.25) is 0 Å². The molecule has 0 saturated carbocycles. The summed E-state index contributed by atoms with van der Waals surface area (Å²) in [5, 5.41) is 8.91. The Bertz CT molecular complexity index is 294. The smallest absolute Gasteiger partial charge is 0.0447 e. The van der Waals surface area contributed by atoms with E-state index in [0.29, 0.717) is 6.54 Å². The average Bonchev–Trinajstić information content (AvgIpc) is 2.31. The second kappa shape index (κ2) is 7.25. The summed E-state index contributed by atoms with van der Waals surface area (Å²) >= 11 is 0. The van der Waals surface area contributed by atoms with Gasteiger partial charge in [0.2, 0.25) is 0 Å². The molecule has 0 atom stereocenters. The van der Waals surface area contributed by atoms with E-state index in [4.69, 9.17) is 10.8 Å². The lowest BCUT2D eigenvalue weighted by molar-refractivity contribution is 0.289. The van der Waals surface area contributed by atoms with Crippen molar-refractivity contribution in [1.29, 1.82) is 0 Å². The van der Waals surface area contributed by atoms with Crippen LogP contribution in [0.1, 0.15) is 18.4 Å². The maximum absolute atomic E-state index is 8.91. The zero-order valence-electron chi connectivity index (χ0n) is 10.0. The first-order valence-corrected chi connectivity index (χ1v) is 5.91. The molecule has 0 unspecified atom stereocenters. The first-order valence-electron chi connectivity index (χ1n) is 5.91. The number of anilines is 1. The molecule has 0 aromatic heterocycles. The molecule has 0 aliphatic rings. The van der Waals surface area contributed by atoms with Gasteiger partial charge in [-0.1, -0.05) is 18.2 Å². The van der Waals surface area contributed by atoms with Crippen molar-refractivity contribution in [3.8, 4) is 0 Å². The highest BCUT2D eigenvalue weighted by atomic mass is 16.3. The summed E-state index contributed by atoms with van der Waals surface area (Å²) in [6.07, 6.45) is 1.79. The van der Waals surface area contributed by atoms with Crippen molar-refractivity contribution in [2.24, 2.45) is 5.73 Å². The van der Waals surface area contributed by atoms with Crippen LogP contribution >= 0.6 is 0 Å². The first-order chi connectivity index (χ1) is 7.79. The fourth-order valence-electron chi connectivity index (χ4n) is 1.81. The molecule has 1 aromatic rings. The predicted octanol–water partition coefficient (Wildman–Crippen LogP) is 1.53. The highest BCUT2D eigenvalue weighted by molar-refractivity contribution is 5.52. The fourth-order valence-corrected chi connectivity index (χ4v) is 1.81. The number of hydrogen-bond donors (Lipinski definition) is 2. The lowest BCUT2D eigenvalue weighted by Crippen LogP contribution is -2.28. The minimum Gasteiger partial charge on any atom is -0.396 e. The van der Waals surface area contributed by atoms with Crippen LogP contribution in [-0.4, -0.2) is 31.3 Å². The van der Waals surface area contributed by atoms with E-state index in [1.54, 1.807) is 0 Å². The van der Waals surface area contributed by atoms with Crippen LogP contribution in [-0.2, 0) is 0 Å². The van der Waals surface area contributed by atoms with Crippen molar-refractivity contribution in [3.63, 3.8) is 0 Å². The number of aliphatic hydroxyl groups excluding tert-OH is 1. The van der Waals surface area contributed by atoms with E-state index in [1.165, 1.54) is 11.3 Å². The molecule has 3 nitrogen and oxygen atoms in total. The number of aliphatic hydroxyl groups is 1. The highest BCUT2D eigenvalue weighted by Crippen LogP contribution is 2.19. The molecule has 0 fully saturated rings. The molecule has 3 heteroatoms. The molecule has 0 radical (unpaired) electrons. The van der Waals surface area contributed by atoms with E-state index in [0.717, 1.165) is 25.9 Å². The Hall–Kier alpha value is -1.06. The molecular formula is C13H22N2O. The maximum Gasteiger partial charge on any atom is 0.0447 e. The van der Waals surface area contributed by atoms with Gasteiger partial charge < -0.3 is 15.7 Å². The van der Waals surface area contributed by atoms with Gasteiger partial charge in [0.05, 0.1) is 0 Å². The van der Waals surface area contributed by atoms with Gasteiger partial charge in [0.25, 0.3) is 0 Å². The second-order valence-electron chi connectivity index (χ2n) is 3.99. The molecule has 0 amide bonds. The third-order valence-corrected chi connectivity index (χ3v) is 2.67. The summed E-state index contributed by atoms with van der Waals surface area (Å²) in [5.74, 6) is 0. The van der Waals surface area contributed by atoms with Crippen LogP contribution in [0.25, 0.3) is 0 Å².